The maximum absolute atomic E-state index is 11.2. The number of amides is 2. The summed E-state index contributed by atoms with van der Waals surface area (Å²) in [5, 5.41) is 5.72. The van der Waals surface area contributed by atoms with Gasteiger partial charge in [-0.2, -0.15) is 0 Å². The van der Waals surface area contributed by atoms with Crippen molar-refractivity contribution in [1.82, 2.24) is 5.32 Å². The van der Waals surface area contributed by atoms with Crippen LogP contribution < -0.4 is 10.6 Å². The molecular weight excluding hydrogens is 228 g/mol. The zero-order valence-corrected chi connectivity index (χ0v) is 10.6. The molecule has 2 amide bonds. The number of nitrogens with one attached hydrogen (secondary N) is 2. The van der Waals surface area contributed by atoms with E-state index in [0.29, 0.717) is 19.4 Å². The third-order valence-electron chi connectivity index (χ3n) is 3.12. The molecule has 18 heavy (non-hydrogen) atoms. The van der Waals surface area contributed by atoms with Gasteiger partial charge >= 0.3 is 0 Å². The van der Waals surface area contributed by atoms with Crippen molar-refractivity contribution in [1.29, 1.82) is 0 Å². The number of rotatable bonds is 4. The van der Waals surface area contributed by atoms with E-state index in [1.807, 2.05) is 19.1 Å². The fourth-order valence-corrected chi connectivity index (χ4v) is 2.06. The Labute approximate surface area is 107 Å². The molecule has 1 aromatic rings. The predicted octanol–water partition coefficient (Wildman–Crippen LogP) is 1.64. The van der Waals surface area contributed by atoms with E-state index >= 15 is 0 Å². The summed E-state index contributed by atoms with van der Waals surface area (Å²) < 4.78 is 0. The molecule has 0 aromatic heterocycles. The van der Waals surface area contributed by atoms with E-state index in [0.717, 1.165) is 18.5 Å². The van der Waals surface area contributed by atoms with E-state index in [4.69, 9.17) is 0 Å². The second kappa shape index (κ2) is 5.67. The van der Waals surface area contributed by atoms with Crippen molar-refractivity contribution in [2.45, 2.75) is 32.6 Å². The van der Waals surface area contributed by atoms with Gasteiger partial charge in [-0.3, -0.25) is 9.59 Å². The highest BCUT2D eigenvalue weighted by Crippen LogP contribution is 2.23. The number of carbonyl (C=O) groups is 2. The van der Waals surface area contributed by atoms with Crippen LogP contribution in [0.1, 0.15) is 30.9 Å². The van der Waals surface area contributed by atoms with Crippen LogP contribution in [0, 0.1) is 0 Å². The maximum atomic E-state index is 11.2. The summed E-state index contributed by atoms with van der Waals surface area (Å²) in [6.45, 7) is 2.51. The first-order chi connectivity index (χ1) is 8.69. The van der Waals surface area contributed by atoms with Crippen LogP contribution in [0.4, 0.5) is 5.69 Å². The molecular formula is C14H18N2O2. The molecule has 4 nitrogen and oxygen atoms in total. The quantitative estimate of drug-likeness (QED) is 0.848. The third-order valence-corrected chi connectivity index (χ3v) is 3.12. The average Bonchev–Trinajstić information content (AvgIpc) is 2.38. The highest BCUT2D eigenvalue weighted by atomic mass is 16.2. The summed E-state index contributed by atoms with van der Waals surface area (Å²) in [4.78, 5) is 22.3. The molecule has 4 heteroatoms. The number of anilines is 1. The van der Waals surface area contributed by atoms with Gasteiger partial charge in [0, 0.05) is 25.1 Å². The Balaban J connectivity index is 1.95. The van der Waals surface area contributed by atoms with E-state index in [1.54, 1.807) is 0 Å². The Morgan fingerprint density at radius 2 is 2.22 bits per heavy atom. The maximum Gasteiger partial charge on any atom is 0.224 e. The van der Waals surface area contributed by atoms with Gasteiger partial charge in [0.1, 0.15) is 0 Å². The summed E-state index contributed by atoms with van der Waals surface area (Å²) in [6.07, 6.45) is 2.71. The monoisotopic (exact) mass is 246 g/mol. The summed E-state index contributed by atoms with van der Waals surface area (Å²) in [5.41, 5.74) is 3.31. The molecule has 0 bridgehead atoms. The van der Waals surface area contributed by atoms with Crippen molar-refractivity contribution >= 4 is 17.5 Å². The lowest BCUT2D eigenvalue weighted by Gasteiger charge is -2.17. The van der Waals surface area contributed by atoms with E-state index in [9.17, 15) is 9.59 Å². The van der Waals surface area contributed by atoms with Gasteiger partial charge in [-0.1, -0.05) is 19.1 Å². The van der Waals surface area contributed by atoms with Crippen LogP contribution >= 0.6 is 0 Å². The van der Waals surface area contributed by atoms with Crippen molar-refractivity contribution in [3.05, 3.63) is 29.3 Å². The predicted molar refractivity (Wildman–Crippen MR) is 70.4 cm³/mol. The third kappa shape index (κ3) is 3.09. The average molecular weight is 246 g/mol. The summed E-state index contributed by atoms with van der Waals surface area (Å²) in [6, 6.07) is 6.07. The van der Waals surface area contributed by atoms with Crippen molar-refractivity contribution in [2.75, 3.05) is 11.9 Å². The van der Waals surface area contributed by atoms with Crippen molar-refractivity contribution < 1.29 is 9.59 Å². The molecule has 1 aromatic carbocycles. The van der Waals surface area contributed by atoms with E-state index in [2.05, 4.69) is 16.7 Å². The topological polar surface area (TPSA) is 58.2 Å². The zero-order valence-electron chi connectivity index (χ0n) is 10.6. The molecule has 1 heterocycles. The van der Waals surface area contributed by atoms with Crippen LogP contribution in [0.25, 0.3) is 0 Å². The molecule has 0 spiro atoms. The summed E-state index contributed by atoms with van der Waals surface area (Å²) in [7, 11) is 0. The Hall–Kier alpha value is -1.84. The largest absolute Gasteiger partial charge is 0.356 e. The van der Waals surface area contributed by atoms with Crippen LogP contribution in [0.5, 0.6) is 0 Å². The van der Waals surface area contributed by atoms with E-state index < -0.39 is 0 Å². The fraction of sp³-hybridized carbons (Fsp3) is 0.429. The van der Waals surface area contributed by atoms with Crippen molar-refractivity contribution in [3.63, 3.8) is 0 Å². The second-order valence-corrected chi connectivity index (χ2v) is 4.49. The highest BCUT2D eigenvalue weighted by molar-refractivity contribution is 5.93. The number of aryl methyl sites for hydroxylation is 1. The summed E-state index contributed by atoms with van der Waals surface area (Å²) in [5.74, 6) is 0.172. The van der Waals surface area contributed by atoms with Crippen LogP contribution in [0.2, 0.25) is 0 Å². The molecule has 0 radical (unpaired) electrons. The Bertz CT molecular complexity index is 469. The molecule has 1 aliphatic rings. The first kappa shape index (κ1) is 12.6. The fourth-order valence-electron chi connectivity index (χ4n) is 2.06. The van der Waals surface area contributed by atoms with Gasteiger partial charge in [0.15, 0.2) is 0 Å². The molecule has 2 N–H and O–H groups in total. The second-order valence-electron chi connectivity index (χ2n) is 4.49. The zero-order chi connectivity index (χ0) is 13.0. The molecule has 96 valence electrons. The Morgan fingerprint density at radius 1 is 1.39 bits per heavy atom. The van der Waals surface area contributed by atoms with Crippen LogP contribution in [0.3, 0.4) is 0 Å². The number of benzene rings is 1. The van der Waals surface area contributed by atoms with E-state index in [1.165, 1.54) is 11.1 Å². The first-order valence-electron chi connectivity index (χ1n) is 6.37. The van der Waals surface area contributed by atoms with Gasteiger partial charge in [-0.15, -0.1) is 0 Å². The van der Waals surface area contributed by atoms with Crippen LogP contribution in [0.15, 0.2) is 18.2 Å². The van der Waals surface area contributed by atoms with Gasteiger partial charge in [-0.05, 0) is 30.0 Å². The number of hydrogen-bond donors (Lipinski definition) is 2. The van der Waals surface area contributed by atoms with Gasteiger partial charge in [0.05, 0.1) is 0 Å². The number of hydrogen-bond acceptors (Lipinski definition) is 2. The SMILES string of the molecule is CCC(=O)NCCc1ccc2c(c1)CCC(=O)N2. The van der Waals surface area contributed by atoms with Gasteiger partial charge in [0.25, 0.3) is 0 Å². The number of carbonyl (C=O) groups excluding carboxylic acids is 2. The Kier molecular flexibility index (Phi) is 3.97. The van der Waals surface area contributed by atoms with Crippen LogP contribution in [-0.4, -0.2) is 18.4 Å². The lowest BCUT2D eigenvalue weighted by atomic mass is 9.99. The Morgan fingerprint density at radius 3 is 3.00 bits per heavy atom. The highest BCUT2D eigenvalue weighted by Gasteiger charge is 2.14. The lowest BCUT2D eigenvalue weighted by molar-refractivity contribution is -0.120. The molecule has 0 fully saturated rings. The first-order valence-corrected chi connectivity index (χ1v) is 6.37. The standard InChI is InChI=1S/C14H18N2O2/c1-2-13(17)15-8-7-10-3-5-12-11(9-10)4-6-14(18)16-12/h3,5,9H,2,4,6-8H2,1H3,(H,15,17)(H,16,18). The lowest BCUT2D eigenvalue weighted by Crippen LogP contribution is -2.24. The molecule has 1 aliphatic heterocycles. The molecule has 0 aliphatic carbocycles. The molecule has 0 atom stereocenters. The minimum atomic E-state index is 0.0835. The van der Waals surface area contributed by atoms with Crippen LogP contribution in [-0.2, 0) is 22.4 Å². The number of fused-ring (bicyclic) bond motifs is 1. The van der Waals surface area contributed by atoms with Gasteiger partial charge in [0.2, 0.25) is 11.8 Å². The normalized spacial score (nSPS) is 13.7. The van der Waals surface area contributed by atoms with E-state index in [-0.39, 0.29) is 11.8 Å². The van der Waals surface area contributed by atoms with Crippen molar-refractivity contribution in [3.8, 4) is 0 Å². The molecule has 0 saturated carbocycles. The van der Waals surface area contributed by atoms with Crippen molar-refractivity contribution in [2.24, 2.45) is 0 Å². The smallest absolute Gasteiger partial charge is 0.224 e. The van der Waals surface area contributed by atoms with Gasteiger partial charge in [-0.25, -0.2) is 0 Å². The molecule has 2 rings (SSSR count). The minimum Gasteiger partial charge on any atom is -0.356 e. The summed E-state index contributed by atoms with van der Waals surface area (Å²) >= 11 is 0. The minimum absolute atomic E-state index is 0.0835. The van der Waals surface area contributed by atoms with Gasteiger partial charge < -0.3 is 10.6 Å². The molecule has 0 saturated heterocycles. The molecule has 0 unspecified atom stereocenters.